The molecule has 4 aromatic heterocycles. The van der Waals surface area contributed by atoms with Gasteiger partial charge in [0.25, 0.3) is 0 Å². The van der Waals surface area contributed by atoms with Crippen LogP contribution in [0.5, 0.6) is 0 Å². The van der Waals surface area contributed by atoms with Crippen LogP contribution in [0.3, 0.4) is 0 Å². The molecule has 4 heterocycles. The van der Waals surface area contributed by atoms with Gasteiger partial charge in [0.1, 0.15) is 0 Å². The van der Waals surface area contributed by atoms with E-state index in [2.05, 4.69) is 419 Å². The van der Waals surface area contributed by atoms with Gasteiger partial charge in [0, 0.05) is 65.8 Å². The summed E-state index contributed by atoms with van der Waals surface area (Å²) in [5.41, 5.74) is 29.0. The zero-order chi connectivity index (χ0) is 68.6. The van der Waals surface area contributed by atoms with Crippen molar-refractivity contribution in [1.82, 2.24) is 18.3 Å². The lowest BCUT2D eigenvalue weighted by molar-refractivity contribution is 1.18. The van der Waals surface area contributed by atoms with Crippen molar-refractivity contribution in [2.75, 3.05) is 0 Å². The maximum absolute atomic E-state index is 2.40. The van der Waals surface area contributed by atoms with Crippen LogP contribution < -0.4 is 0 Å². The SMILES string of the molecule is c1ccc(-c2ccc(-n3c4ccccc4c4cc(-c5ccc(-c6ccc7c(c6)c6ccccc6n7-c6ccc(-c7ccccc7)cc6)cc5)ccc43)cc2)cc1.c1ccc(-n2c3ccccc3c3cc(-c4ccc(-c5ccc6c(c5)c5ccccc5n6-c5ccc6ccccc6c5)cc4)ccc32)cc1. The number of nitrogens with zero attached hydrogens (tertiary/aromatic N) is 4. The standard InChI is InChI=1S/C54H36N2.C46H30N2/c1-3-11-37(12-4-1)39-23-29-45(30-24-39)55-51-17-9-7-15-47(51)49-35-43(27-33-53(49)55)41-19-21-42(22-20-41)44-28-34-54-50(36-44)48-16-8-10-18-52(48)56(54)46-31-25-40(26-32-46)38-13-5-2-6-14-38;1-2-12-37(13-3-1)47-43-16-8-6-14-39(43)41-29-35(23-26-45(41)47)32-18-20-33(21-19-32)36-24-27-46-42(30-36)40-15-7-9-17-44(40)48(46)38-25-22-31-10-4-5-11-34(31)28-38/h1-36H;1-30H. The molecule has 104 heavy (non-hydrogen) atoms. The summed E-state index contributed by atoms with van der Waals surface area (Å²) in [5.74, 6) is 0. The highest BCUT2D eigenvalue weighted by molar-refractivity contribution is 6.14. The van der Waals surface area contributed by atoms with Crippen molar-refractivity contribution in [3.63, 3.8) is 0 Å². The van der Waals surface area contributed by atoms with Crippen molar-refractivity contribution in [1.29, 1.82) is 0 Å². The van der Waals surface area contributed by atoms with Gasteiger partial charge in [0.05, 0.1) is 44.1 Å². The highest BCUT2D eigenvalue weighted by Gasteiger charge is 2.19. The summed E-state index contributed by atoms with van der Waals surface area (Å²) in [7, 11) is 0. The lowest BCUT2D eigenvalue weighted by Crippen LogP contribution is -1.93. The molecule has 21 aromatic rings. The van der Waals surface area contributed by atoms with Crippen molar-refractivity contribution < 1.29 is 0 Å². The highest BCUT2D eigenvalue weighted by Crippen LogP contribution is 2.42. The first-order valence-corrected chi connectivity index (χ1v) is 35.8. The molecule has 0 spiro atoms. The third-order valence-corrected chi connectivity index (χ3v) is 21.3. The predicted molar refractivity (Wildman–Crippen MR) is 440 cm³/mol. The van der Waals surface area contributed by atoms with Gasteiger partial charge in [-0.25, -0.2) is 0 Å². The number of rotatable bonds is 10. The number of hydrogen-bond donors (Lipinski definition) is 0. The number of para-hydroxylation sites is 5. The monoisotopic (exact) mass is 1320 g/mol. The Morgan fingerprint density at radius 1 is 0.115 bits per heavy atom. The number of aromatic nitrogens is 4. The highest BCUT2D eigenvalue weighted by atomic mass is 15.0. The Morgan fingerprint density at radius 2 is 0.337 bits per heavy atom. The smallest absolute Gasteiger partial charge is 0.0541 e. The van der Waals surface area contributed by atoms with E-state index in [4.69, 9.17) is 0 Å². The van der Waals surface area contributed by atoms with Crippen LogP contribution in [0.25, 0.3) is 188 Å². The topological polar surface area (TPSA) is 19.7 Å². The summed E-state index contributed by atoms with van der Waals surface area (Å²) in [6, 6.07) is 146. The minimum atomic E-state index is 1.16. The molecule has 0 atom stereocenters. The summed E-state index contributed by atoms with van der Waals surface area (Å²) in [4.78, 5) is 0. The maximum atomic E-state index is 2.40. The lowest BCUT2D eigenvalue weighted by Gasteiger charge is -2.10. The zero-order valence-corrected chi connectivity index (χ0v) is 56.9. The van der Waals surface area contributed by atoms with Gasteiger partial charge in [-0.2, -0.15) is 0 Å². The summed E-state index contributed by atoms with van der Waals surface area (Å²) in [6.07, 6.45) is 0. The normalized spacial score (nSPS) is 11.7. The van der Waals surface area contributed by atoms with Gasteiger partial charge in [-0.3, -0.25) is 0 Å². The molecule has 17 aromatic carbocycles. The fourth-order valence-corrected chi connectivity index (χ4v) is 16.2. The van der Waals surface area contributed by atoms with Crippen LogP contribution in [0.4, 0.5) is 0 Å². The van der Waals surface area contributed by atoms with Gasteiger partial charge in [-0.1, -0.05) is 279 Å². The van der Waals surface area contributed by atoms with Crippen LogP contribution in [0.1, 0.15) is 0 Å². The molecular weight excluding hydrogens is 1260 g/mol. The van der Waals surface area contributed by atoms with E-state index in [1.54, 1.807) is 0 Å². The Hall–Kier alpha value is -13.8. The molecule has 0 bridgehead atoms. The molecular formula is C100H66N4. The van der Waals surface area contributed by atoms with Crippen molar-refractivity contribution in [2.24, 2.45) is 0 Å². The van der Waals surface area contributed by atoms with E-state index in [0.717, 1.165) is 11.4 Å². The van der Waals surface area contributed by atoms with Crippen LogP contribution in [0.2, 0.25) is 0 Å². The Morgan fingerprint density at radius 3 is 0.683 bits per heavy atom. The van der Waals surface area contributed by atoms with Gasteiger partial charge >= 0.3 is 0 Å². The second kappa shape index (κ2) is 25.1. The minimum Gasteiger partial charge on any atom is -0.309 e. The molecule has 21 rings (SSSR count). The Bertz CT molecular complexity index is 6620. The second-order valence-electron chi connectivity index (χ2n) is 27.2. The van der Waals surface area contributed by atoms with E-state index in [-0.39, 0.29) is 0 Å². The van der Waals surface area contributed by atoms with Crippen LogP contribution in [-0.4, -0.2) is 18.3 Å². The van der Waals surface area contributed by atoms with E-state index in [1.165, 1.54) is 176 Å². The van der Waals surface area contributed by atoms with E-state index in [0.29, 0.717) is 0 Å². The van der Waals surface area contributed by atoms with Crippen LogP contribution in [-0.2, 0) is 0 Å². The molecule has 486 valence electrons. The predicted octanol–water partition coefficient (Wildman–Crippen LogP) is 26.9. The first kappa shape index (κ1) is 60.2. The van der Waals surface area contributed by atoms with Gasteiger partial charge < -0.3 is 18.3 Å². The molecule has 0 saturated heterocycles. The van der Waals surface area contributed by atoms with Crippen LogP contribution >= 0.6 is 0 Å². The summed E-state index contributed by atoms with van der Waals surface area (Å²) in [5, 5.41) is 12.6. The molecule has 0 N–H and O–H groups in total. The fraction of sp³-hybridized carbons (Fsp3) is 0. The van der Waals surface area contributed by atoms with Gasteiger partial charge in [0.2, 0.25) is 0 Å². The summed E-state index contributed by atoms with van der Waals surface area (Å²) < 4.78 is 9.54. The largest absolute Gasteiger partial charge is 0.309 e. The third-order valence-electron chi connectivity index (χ3n) is 21.3. The molecule has 0 amide bonds. The summed E-state index contributed by atoms with van der Waals surface area (Å²) >= 11 is 0. The first-order valence-electron chi connectivity index (χ1n) is 35.8. The average molecular weight is 1320 g/mol. The Labute approximate surface area is 602 Å². The van der Waals surface area contributed by atoms with Crippen molar-refractivity contribution in [2.45, 2.75) is 0 Å². The molecule has 0 aliphatic carbocycles. The lowest BCUT2D eigenvalue weighted by atomic mass is 9.98. The van der Waals surface area contributed by atoms with Crippen LogP contribution in [0.15, 0.2) is 400 Å². The molecule has 0 aliphatic heterocycles. The van der Waals surface area contributed by atoms with Crippen molar-refractivity contribution in [3.05, 3.63) is 400 Å². The number of benzene rings is 17. The van der Waals surface area contributed by atoms with Crippen molar-refractivity contribution in [3.8, 4) is 89.5 Å². The van der Waals surface area contributed by atoms with E-state index < -0.39 is 0 Å². The van der Waals surface area contributed by atoms with Gasteiger partial charge in [-0.15, -0.1) is 0 Å². The zero-order valence-electron chi connectivity index (χ0n) is 56.9. The number of fused-ring (bicyclic) bond motifs is 13. The second-order valence-corrected chi connectivity index (χ2v) is 27.2. The van der Waals surface area contributed by atoms with E-state index in [1.807, 2.05) is 0 Å². The molecule has 0 radical (unpaired) electrons. The fourth-order valence-electron chi connectivity index (χ4n) is 16.2. The molecule has 4 nitrogen and oxygen atoms in total. The molecule has 0 fully saturated rings. The first-order chi connectivity index (χ1) is 51.6. The van der Waals surface area contributed by atoms with Gasteiger partial charge in [-0.05, 0) is 199 Å². The third kappa shape index (κ3) is 10.4. The average Bonchev–Trinajstić information content (AvgIpc) is 1.62. The number of hydrogen-bond acceptors (Lipinski definition) is 0. The molecule has 4 heteroatoms. The quantitative estimate of drug-likeness (QED) is 0.130. The van der Waals surface area contributed by atoms with Crippen LogP contribution in [0, 0.1) is 0 Å². The minimum absolute atomic E-state index is 1.16. The van der Waals surface area contributed by atoms with Crippen molar-refractivity contribution >= 4 is 98.0 Å². The Kier molecular flexibility index (Phi) is 14.5. The maximum Gasteiger partial charge on any atom is 0.0541 e. The van der Waals surface area contributed by atoms with E-state index in [9.17, 15) is 0 Å². The Balaban J connectivity index is 0.000000140. The summed E-state index contributed by atoms with van der Waals surface area (Å²) in [6.45, 7) is 0. The molecule has 0 saturated carbocycles. The van der Waals surface area contributed by atoms with E-state index >= 15 is 0 Å². The molecule has 0 unspecified atom stereocenters. The van der Waals surface area contributed by atoms with Gasteiger partial charge in [0.15, 0.2) is 0 Å². The molecule has 0 aliphatic rings.